The highest BCUT2D eigenvalue weighted by Gasteiger charge is 2.21. The molecule has 1 aliphatic heterocycles. The molecule has 2 aromatic carbocycles. The molecule has 1 N–H and O–H groups in total. The van der Waals surface area contributed by atoms with E-state index in [1.54, 1.807) is 17.1 Å². The Labute approximate surface area is 119 Å². The van der Waals surface area contributed by atoms with Crippen LogP contribution >= 0.6 is 0 Å². The molecule has 5 heteroatoms. The quantitative estimate of drug-likeness (QED) is 0.945. The van der Waals surface area contributed by atoms with Crippen molar-refractivity contribution in [2.75, 3.05) is 13.1 Å². The summed E-state index contributed by atoms with van der Waals surface area (Å²) >= 11 is 0. The van der Waals surface area contributed by atoms with E-state index in [2.05, 4.69) is 4.83 Å². The highest BCUT2D eigenvalue weighted by atomic mass is 32.2. The summed E-state index contributed by atoms with van der Waals surface area (Å²) in [7, 11) is -3.51. The number of piperidine rings is 1. The molecule has 1 fully saturated rings. The maximum atomic E-state index is 12.6. The van der Waals surface area contributed by atoms with Crippen LogP contribution in [0.1, 0.15) is 19.3 Å². The second-order valence-electron chi connectivity index (χ2n) is 5.12. The van der Waals surface area contributed by atoms with Gasteiger partial charge < -0.3 is 0 Å². The molecule has 0 amide bonds. The Morgan fingerprint density at radius 3 is 2.40 bits per heavy atom. The second-order valence-corrected chi connectivity index (χ2v) is 6.75. The predicted octanol–water partition coefficient (Wildman–Crippen LogP) is 2.52. The highest BCUT2D eigenvalue weighted by Crippen LogP contribution is 2.23. The molecule has 0 spiro atoms. The van der Waals surface area contributed by atoms with Gasteiger partial charge in [0.2, 0.25) is 0 Å². The van der Waals surface area contributed by atoms with Gasteiger partial charge in [-0.05, 0) is 24.3 Å². The number of sulfonamides is 1. The van der Waals surface area contributed by atoms with E-state index < -0.39 is 10.0 Å². The smallest absolute Gasteiger partial charge is 0.230 e. The molecular formula is C15H18N2O2S. The van der Waals surface area contributed by atoms with Crippen LogP contribution in [0.4, 0.5) is 0 Å². The molecule has 1 aliphatic rings. The van der Waals surface area contributed by atoms with E-state index in [1.807, 2.05) is 30.3 Å². The Hall–Kier alpha value is -1.43. The van der Waals surface area contributed by atoms with Gasteiger partial charge in [0.15, 0.2) is 0 Å². The standard InChI is InChI=1S/C15H18N2O2S/c18-20(19,16-17-11-4-1-5-12-17)15-10-6-8-13-7-2-3-9-14(13)15/h2-3,6-10,16H,1,4-5,11-12H2. The molecule has 0 aliphatic carbocycles. The Morgan fingerprint density at radius 2 is 1.60 bits per heavy atom. The summed E-state index contributed by atoms with van der Waals surface area (Å²) in [5, 5.41) is 3.51. The molecule has 106 valence electrons. The van der Waals surface area contributed by atoms with Crippen LogP contribution in [-0.2, 0) is 10.0 Å². The minimum absolute atomic E-state index is 0.348. The van der Waals surface area contributed by atoms with Gasteiger partial charge in [-0.25, -0.2) is 13.4 Å². The Bertz CT molecular complexity index is 701. The minimum Gasteiger partial charge on any atom is -0.230 e. The number of fused-ring (bicyclic) bond motifs is 1. The molecule has 0 atom stereocenters. The minimum atomic E-state index is -3.51. The van der Waals surface area contributed by atoms with E-state index in [4.69, 9.17) is 0 Å². The molecule has 0 radical (unpaired) electrons. The van der Waals surface area contributed by atoms with Crippen molar-refractivity contribution in [3.05, 3.63) is 42.5 Å². The highest BCUT2D eigenvalue weighted by molar-refractivity contribution is 7.89. The molecule has 4 nitrogen and oxygen atoms in total. The maximum absolute atomic E-state index is 12.6. The van der Waals surface area contributed by atoms with Gasteiger partial charge in [0.25, 0.3) is 10.0 Å². The molecule has 0 unspecified atom stereocenters. The Balaban J connectivity index is 1.96. The van der Waals surface area contributed by atoms with Gasteiger partial charge in [-0.2, -0.15) is 0 Å². The summed E-state index contributed by atoms with van der Waals surface area (Å²) in [6, 6.07) is 12.9. The Kier molecular flexibility index (Phi) is 3.74. The summed E-state index contributed by atoms with van der Waals surface area (Å²) in [6.45, 7) is 1.56. The zero-order chi connectivity index (χ0) is 14.0. The van der Waals surface area contributed by atoms with Gasteiger partial charge in [-0.15, -0.1) is 4.83 Å². The van der Waals surface area contributed by atoms with Crippen molar-refractivity contribution in [2.24, 2.45) is 0 Å². The van der Waals surface area contributed by atoms with Gasteiger partial charge in [0.05, 0.1) is 4.90 Å². The van der Waals surface area contributed by atoms with E-state index in [9.17, 15) is 8.42 Å². The second kappa shape index (κ2) is 5.52. The molecule has 3 rings (SSSR count). The summed E-state index contributed by atoms with van der Waals surface area (Å²) in [5.74, 6) is 0. The fourth-order valence-electron chi connectivity index (χ4n) is 2.63. The number of nitrogens with one attached hydrogen (secondary N) is 1. The molecule has 20 heavy (non-hydrogen) atoms. The third kappa shape index (κ3) is 2.70. The first kappa shape index (κ1) is 13.5. The van der Waals surface area contributed by atoms with Gasteiger partial charge in [-0.1, -0.05) is 42.8 Å². The van der Waals surface area contributed by atoms with Crippen molar-refractivity contribution in [3.63, 3.8) is 0 Å². The predicted molar refractivity (Wildman–Crippen MR) is 79.7 cm³/mol. The lowest BCUT2D eigenvalue weighted by Gasteiger charge is -2.26. The number of hydrogen-bond acceptors (Lipinski definition) is 3. The number of rotatable bonds is 3. The zero-order valence-corrected chi connectivity index (χ0v) is 12.1. The van der Waals surface area contributed by atoms with Gasteiger partial charge in [-0.3, -0.25) is 0 Å². The molecule has 0 aromatic heterocycles. The van der Waals surface area contributed by atoms with Crippen LogP contribution in [0, 0.1) is 0 Å². The average Bonchev–Trinajstić information content (AvgIpc) is 2.47. The summed E-state index contributed by atoms with van der Waals surface area (Å²) < 4.78 is 25.1. The van der Waals surface area contributed by atoms with Crippen molar-refractivity contribution in [3.8, 4) is 0 Å². The number of nitrogens with zero attached hydrogens (tertiary/aromatic N) is 1. The van der Waals surface area contributed by atoms with E-state index in [-0.39, 0.29) is 0 Å². The van der Waals surface area contributed by atoms with Crippen molar-refractivity contribution >= 4 is 20.8 Å². The monoisotopic (exact) mass is 290 g/mol. The number of hydrogen-bond donors (Lipinski definition) is 1. The Morgan fingerprint density at radius 1 is 0.900 bits per heavy atom. The van der Waals surface area contributed by atoms with Crippen LogP contribution in [-0.4, -0.2) is 26.5 Å². The summed E-state index contributed by atoms with van der Waals surface area (Å²) in [5.41, 5.74) is 0. The summed E-state index contributed by atoms with van der Waals surface area (Å²) in [4.78, 5) is 3.06. The molecule has 1 saturated heterocycles. The molecule has 0 saturated carbocycles. The summed E-state index contributed by atoms with van der Waals surface area (Å²) in [6.07, 6.45) is 3.25. The molecular weight excluding hydrogens is 272 g/mol. The normalized spacial score (nSPS) is 17.4. The SMILES string of the molecule is O=S(=O)(NN1CCCCC1)c1cccc2ccccc12. The fraction of sp³-hybridized carbons (Fsp3) is 0.333. The molecule has 0 bridgehead atoms. The van der Waals surface area contributed by atoms with Gasteiger partial charge >= 0.3 is 0 Å². The first-order valence-corrected chi connectivity index (χ1v) is 8.40. The van der Waals surface area contributed by atoms with Crippen LogP contribution in [0.5, 0.6) is 0 Å². The van der Waals surface area contributed by atoms with Crippen LogP contribution in [0.2, 0.25) is 0 Å². The lowest BCUT2D eigenvalue weighted by molar-refractivity contribution is 0.200. The fourth-order valence-corrected chi connectivity index (χ4v) is 3.99. The van der Waals surface area contributed by atoms with Crippen LogP contribution < -0.4 is 4.83 Å². The van der Waals surface area contributed by atoms with E-state index in [1.165, 1.54) is 6.42 Å². The van der Waals surface area contributed by atoms with Crippen molar-refractivity contribution in [2.45, 2.75) is 24.2 Å². The van der Waals surface area contributed by atoms with Crippen LogP contribution in [0.3, 0.4) is 0 Å². The van der Waals surface area contributed by atoms with Crippen LogP contribution in [0.15, 0.2) is 47.4 Å². The van der Waals surface area contributed by atoms with Crippen molar-refractivity contribution in [1.82, 2.24) is 9.84 Å². The zero-order valence-electron chi connectivity index (χ0n) is 11.2. The van der Waals surface area contributed by atoms with E-state index >= 15 is 0 Å². The average molecular weight is 290 g/mol. The lowest BCUT2D eigenvalue weighted by Crippen LogP contribution is -2.44. The van der Waals surface area contributed by atoms with Crippen LogP contribution in [0.25, 0.3) is 10.8 Å². The largest absolute Gasteiger partial charge is 0.254 e. The third-order valence-corrected chi connectivity index (χ3v) is 5.08. The van der Waals surface area contributed by atoms with Crippen molar-refractivity contribution < 1.29 is 8.42 Å². The maximum Gasteiger partial charge on any atom is 0.254 e. The van der Waals surface area contributed by atoms with Crippen molar-refractivity contribution in [1.29, 1.82) is 0 Å². The first-order valence-electron chi connectivity index (χ1n) is 6.92. The van der Waals surface area contributed by atoms with Gasteiger partial charge in [0, 0.05) is 18.5 Å². The van der Waals surface area contributed by atoms with Gasteiger partial charge in [0.1, 0.15) is 0 Å². The number of hydrazine groups is 1. The topological polar surface area (TPSA) is 49.4 Å². The first-order chi connectivity index (χ1) is 9.67. The molecule has 2 aromatic rings. The van der Waals surface area contributed by atoms with E-state index in [0.29, 0.717) is 4.90 Å². The number of benzene rings is 2. The third-order valence-electron chi connectivity index (χ3n) is 3.64. The lowest BCUT2D eigenvalue weighted by atomic mass is 10.1. The van der Waals surface area contributed by atoms with E-state index in [0.717, 1.165) is 36.7 Å². The molecule has 1 heterocycles.